The summed E-state index contributed by atoms with van der Waals surface area (Å²) >= 11 is 4.76. The minimum atomic E-state index is -1.01. The fraction of sp³-hybridized carbons (Fsp3) is 0.167. The van der Waals surface area contributed by atoms with Crippen LogP contribution in [0.3, 0.4) is 0 Å². The van der Waals surface area contributed by atoms with E-state index in [0.29, 0.717) is 5.13 Å². The summed E-state index contributed by atoms with van der Waals surface area (Å²) in [7, 11) is 0. The second-order valence-corrected chi connectivity index (χ2v) is 5.62. The molecule has 0 saturated heterocycles. The molecular weight excluding hydrogens is 316 g/mol. The maximum Gasteiger partial charge on any atom is 0.355 e. The van der Waals surface area contributed by atoms with Gasteiger partial charge in [-0.05, 0) is 47.0 Å². The zero-order chi connectivity index (χ0) is 13.3. The van der Waals surface area contributed by atoms with Crippen LogP contribution in [0.4, 0.5) is 10.8 Å². The molecule has 0 atom stereocenters. The van der Waals surface area contributed by atoms with Gasteiger partial charge in [-0.15, -0.1) is 11.3 Å². The number of nitrogens with zero attached hydrogens (tertiary/aromatic N) is 1. The topological polar surface area (TPSA) is 62.2 Å². The predicted octanol–water partition coefficient (Wildman–Crippen LogP) is 3.96. The lowest BCUT2D eigenvalue weighted by Gasteiger charge is -2.10. The standard InChI is InChI=1S/C12H11BrN2O2S/c1-6-3-7(2)10(8(13)4-6)15-12-14-9(5-18-12)11(16)17/h3-5H,1-2H3,(H,14,15)(H,16,17). The molecule has 2 aromatic rings. The molecule has 0 radical (unpaired) electrons. The minimum absolute atomic E-state index is 0.0587. The van der Waals surface area contributed by atoms with Crippen molar-refractivity contribution < 1.29 is 9.90 Å². The Morgan fingerprint density at radius 2 is 2.17 bits per heavy atom. The molecule has 6 heteroatoms. The minimum Gasteiger partial charge on any atom is -0.476 e. The Labute approximate surface area is 117 Å². The molecule has 2 N–H and O–H groups in total. The largest absolute Gasteiger partial charge is 0.476 e. The number of benzene rings is 1. The van der Waals surface area contributed by atoms with E-state index in [9.17, 15) is 4.79 Å². The summed E-state index contributed by atoms with van der Waals surface area (Å²) in [6.45, 7) is 4.01. The molecule has 94 valence electrons. The predicted molar refractivity (Wildman–Crippen MR) is 76.0 cm³/mol. The van der Waals surface area contributed by atoms with Gasteiger partial charge >= 0.3 is 5.97 Å². The zero-order valence-electron chi connectivity index (χ0n) is 9.82. The molecule has 18 heavy (non-hydrogen) atoms. The molecule has 2 rings (SSSR count). The van der Waals surface area contributed by atoms with E-state index in [0.717, 1.165) is 21.3 Å². The van der Waals surface area contributed by atoms with Crippen LogP contribution >= 0.6 is 27.3 Å². The van der Waals surface area contributed by atoms with Gasteiger partial charge in [0, 0.05) is 9.85 Å². The monoisotopic (exact) mass is 326 g/mol. The lowest BCUT2D eigenvalue weighted by Crippen LogP contribution is -1.98. The number of hydrogen-bond donors (Lipinski definition) is 2. The van der Waals surface area contributed by atoms with Crippen molar-refractivity contribution in [3.05, 3.63) is 38.8 Å². The van der Waals surface area contributed by atoms with E-state index in [2.05, 4.69) is 32.3 Å². The number of aromatic carboxylic acids is 1. The van der Waals surface area contributed by atoms with Gasteiger partial charge in [0.1, 0.15) is 0 Å². The number of nitrogens with one attached hydrogen (secondary N) is 1. The molecule has 0 aliphatic heterocycles. The quantitative estimate of drug-likeness (QED) is 0.896. The third-order valence-electron chi connectivity index (χ3n) is 2.39. The van der Waals surface area contributed by atoms with Gasteiger partial charge < -0.3 is 10.4 Å². The number of carbonyl (C=O) groups is 1. The molecule has 0 spiro atoms. The number of carboxylic acids is 1. The normalized spacial score (nSPS) is 10.4. The highest BCUT2D eigenvalue weighted by Gasteiger charge is 2.11. The number of hydrogen-bond acceptors (Lipinski definition) is 4. The van der Waals surface area contributed by atoms with E-state index < -0.39 is 5.97 Å². The Morgan fingerprint density at radius 1 is 1.44 bits per heavy atom. The van der Waals surface area contributed by atoms with Crippen LogP contribution in [0.15, 0.2) is 22.0 Å². The van der Waals surface area contributed by atoms with Gasteiger partial charge in [0.25, 0.3) is 0 Å². The molecule has 0 saturated carbocycles. The molecule has 0 fully saturated rings. The second-order valence-electron chi connectivity index (χ2n) is 3.91. The summed E-state index contributed by atoms with van der Waals surface area (Å²) in [5, 5.41) is 14.0. The number of carboxylic acid groups (broad SMARTS) is 1. The van der Waals surface area contributed by atoms with Gasteiger partial charge in [0.2, 0.25) is 0 Å². The van der Waals surface area contributed by atoms with Gasteiger partial charge in [0.05, 0.1) is 5.69 Å². The van der Waals surface area contributed by atoms with Crippen LogP contribution in [-0.2, 0) is 0 Å². The van der Waals surface area contributed by atoms with Crippen molar-refractivity contribution in [1.82, 2.24) is 4.98 Å². The third-order valence-corrected chi connectivity index (χ3v) is 3.77. The van der Waals surface area contributed by atoms with Crippen molar-refractivity contribution >= 4 is 44.1 Å². The highest BCUT2D eigenvalue weighted by molar-refractivity contribution is 9.10. The van der Waals surface area contributed by atoms with Gasteiger partial charge in [-0.2, -0.15) is 0 Å². The lowest BCUT2D eigenvalue weighted by molar-refractivity contribution is 0.0691. The van der Waals surface area contributed by atoms with Crippen LogP contribution in [0, 0.1) is 13.8 Å². The summed E-state index contributed by atoms with van der Waals surface area (Å²) in [5.74, 6) is -1.01. The summed E-state index contributed by atoms with van der Waals surface area (Å²) < 4.78 is 0.937. The summed E-state index contributed by atoms with van der Waals surface area (Å²) in [6.07, 6.45) is 0. The molecule has 0 amide bonds. The van der Waals surface area contributed by atoms with Crippen LogP contribution in [-0.4, -0.2) is 16.1 Å². The molecule has 4 nitrogen and oxygen atoms in total. The molecule has 0 bridgehead atoms. The van der Waals surface area contributed by atoms with Crippen molar-refractivity contribution in [2.24, 2.45) is 0 Å². The smallest absolute Gasteiger partial charge is 0.355 e. The summed E-state index contributed by atoms with van der Waals surface area (Å²) in [6, 6.07) is 4.06. The number of aryl methyl sites for hydroxylation is 2. The number of rotatable bonds is 3. The first-order chi connectivity index (χ1) is 8.47. The van der Waals surface area contributed by atoms with Gasteiger partial charge in [0.15, 0.2) is 10.8 Å². The van der Waals surface area contributed by atoms with E-state index >= 15 is 0 Å². The first kappa shape index (κ1) is 13.0. The van der Waals surface area contributed by atoms with Gasteiger partial charge in [-0.1, -0.05) is 6.07 Å². The molecule has 1 heterocycles. The maximum atomic E-state index is 10.8. The van der Waals surface area contributed by atoms with E-state index in [1.165, 1.54) is 16.7 Å². The Balaban J connectivity index is 2.31. The van der Waals surface area contributed by atoms with Crippen LogP contribution in [0.5, 0.6) is 0 Å². The Hall–Kier alpha value is -1.40. The molecule has 0 aliphatic carbocycles. The molecule has 0 unspecified atom stereocenters. The maximum absolute atomic E-state index is 10.8. The molecule has 1 aromatic heterocycles. The van der Waals surface area contributed by atoms with Gasteiger partial charge in [-0.25, -0.2) is 9.78 Å². The molecule has 1 aromatic carbocycles. The highest BCUT2D eigenvalue weighted by atomic mass is 79.9. The first-order valence-corrected chi connectivity index (χ1v) is 6.87. The Kier molecular flexibility index (Phi) is 3.68. The molecule has 0 aliphatic rings. The van der Waals surface area contributed by atoms with Crippen molar-refractivity contribution in [2.45, 2.75) is 13.8 Å². The van der Waals surface area contributed by atoms with Crippen molar-refractivity contribution in [3.63, 3.8) is 0 Å². The van der Waals surface area contributed by atoms with Gasteiger partial charge in [-0.3, -0.25) is 0 Å². The number of thiazole rings is 1. The fourth-order valence-electron chi connectivity index (χ4n) is 1.61. The van der Waals surface area contributed by atoms with Crippen molar-refractivity contribution in [1.29, 1.82) is 0 Å². The first-order valence-electron chi connectivity index (χ1n) is 5.20. The summed E-state index contributed by atoms with van der Waals surface area (Å²) in [4.78, 5) is 14.7. The second kappa shape index (κ2) is 5.07. The number of anilines is 2. The van der Waals surface area contributed by atoms with Crippen LogP contribution in [0.2, 0.25) is 0 Å². The van der Waals surface area contributed by atoms with Crippen molar-refractivity contribution in [2.75, 3.05) is 5.32 Å². The average molecular weight is 327 g/mol. The fourth-order valence-corrected chi connectivity index (χ4v) is 3.07. The Morgan fingerprint density at radius 3 is 2.72 bits per heavy atom. The van der Waals surface area contributed by atoms with Crippen molar-refractivity contribution in [3.8, 4) is 0 Å². The van der Waals surface area contributed by atoms with Crippen LogP contribution in [0.1, 0.15) is 21.6 Å². The SMILES string of the molecule is Cc1cc(C)c(Nc2nc(C(=O)O)cs2)c(Br)c1. The van der Waals surface area contributed by atoms with E-state index in [4.69, 9.17) is 5.11 Å². The van der Waals surface area contributed by atoms with E-state index in [-0.39, 0.29) is 5.69 Å². The van der Waals surface area contributed by atoms with E-state index in [1.807, 2.05) is 19.9 Å². The Bertz CT molecular complexity index is 587. The highest BCUT2D eigenvalue weighted by Crippen LogP contribution is 2.31. The number of halogens is 1. The zero-order valence-corrected chi connectivity index (χ0v) is 12.2. The average Bonchev–Trinajstić information content (AvgIpc) is 2.71. The third kappa shape index (κ3) is 2.70. The van der Waals surface area contributed by atoms with E-state index in [1.54, 1.807) is 0 Å². The summed E-state index contributed by atoms with van der Waals surface area (Å²) in [5.41, 5.74) is 3.21. The van der Waals surface area contributed by atoms with Crippen LogP contribution < -0.4 is 5.32 Å². The lowest BCUT2D eigenvalue weighted by atomic mass is 10.1. The van der Waals surface area contributed by atoms with Crippen LogP contribution in [0.25, 0.3) is 0 Å². The molecular formula is C12H11BrN2O2S. The number of aromatic nitrogens is 1.